The molecule has 3 rings (SSSR count). The highest BCUT2D eigenvalue weighted by molar-refractivity contribution is 7.91. The molecule has 0 bridgehead atoms. The van der Waals surface area contributed by atoms with Crippen molar-refractivity contribution in [1.29, 1.82) is 0 Å². The quantitative estimate of drug-likeness (QED) is 0.656. The first kappa shape index (κ1) is 22.2. The average Bonchev–Trinajstić information content (AvgIpc) is 3.23. The Balaban J connectivity index is 1.68. The molecule has 7 nitrogen and oxygen atoms in total. The summed E-state index contributed by atoms with van der Waals surface area (Å²) >= 11 is 1.20. The van der Waals surface area contributed by atoms with Gasteiger partial charge in [0, 0.05) is 19.1 Å². The van der Waals surface area contributed by atoms with Crippen molar-refractivity contribution in [2.45, 2.75) is 47.8 Å². The van der Waals surface area contributed by atoms with E-state index in [1.165, 1.54) is 28.8 Å². The number of piperidine rings is 1. The molecule has 2 aromatic rings. The Morgan fingerprint density at radius 2 is 2.00 bits per heavy atom. The number of rotatable bonds is 8. The average molecular weight is 459 g/mol. The van der Waals surface area contributed by atoms with E-state index < -0.39 is 20.0 Å². The summed E-state index contributed by atoms with van der Waals surface area (Å²) < 4.78 is 60.8. The number of sulfonamides is 2. The van der Waals surface area contributed by atoms with Crippen LogP contribution in [0.25, 0.3) is 0 Å². The van der Waals surface area contributed by atoms with E-state index in [9.17, 15) is 16.8 Å². The summed E-state index contributed by atoms with van der Waals surface area (Å²) in [6.07, 6.45) is 2.91. The Morgan fingerprint density at radius 3 is 2.66 bits per heavy atom. The number of nitrogens with one attached hydrogen (secondary N) is 1. The van der Waals surface area contributed by atoms with Gasteiger partial charge in [-0.25, -0.2) is 21.6 Å². The molecule has 1 aromatic heterocycles. The second kappa shape index (κ2) is 9.13. The minimum atomic E-state index is -3.68. The highest BCUT2D eigenvalue weighted by atomic mass is 32.2. The third-order valence-electron chi connectivity index (χ3n) is 5.07. The van der Waals surface area contributed by atoms with Gasteiger partial charge in [-0.05, 0) is 61.4 Å². The van der Waals surface area contributed by atoms with Crippen molar-refractivity contribution in [3.8, 4) is 5.75 Å². The molecule has 0 radical (unpaired) electrons. The smallest absolute Gasteiger partial charge is 0.252 e. The summed E-state index contributed by atoms with van der Waals surface area (Å²) in [7, 11) is -5.69. The molecule has 1 unspecified atom stereocenters. The van der Waals surface area contributed by atoms with Crippen LogP contribution in [-0.2, 0) is 20.0 Å². The number of hydrogen-bond donors (Lipinski definition) is 1. The fraction of sp³-hybridized carbons (Fsp3) is 0.474. The van der Waals surface area contributed by atoms with Crippen LogP contribution in [0.4, 0.5) is 0 Å². The number of aryl methyl sites for hydroxylation is 1. The van der Waals surface area contributed by atoms with Crippen LogP contribution in [0.1, 0.15) is 31.2 Å². The standard InChI is InChI=1S/C19H26N2O5S3/c1-15-14-17(26-2)8-9-18(15)28(22,23)20-11-10-16-6-3-4-12-21(16)29(24,25)19-7-5-13-27-19/h5,7-9,13-14,16,20H,3-4,6,10-12H2,1-2H3. The molecule has 29 heavy (non-hydrogen) atoms. The third-order valence-corrected chi connectivity index (χ3v) is 10.0. The first-order valence-corrected chi connectivity index (χ1v) is 13.3. The molecular formula is C19H26N2O5S3. The number of ether oxygens (including phenoxy) is 1. The Morgan fingerprint density at radius 1 is 1.21 bits per heavy atom. The SMILES string of the molecule is COc1ccc(S(=O)(=O)NCCC2CCCCN2S(=O)(=O)c2cccs2)c(C)c1. The predicted octanol–water partition coefficient (Wildman–Crippen LogP) is 2.98. The zero-order valence-electron chi connectivity index (χ0n) is 16.5. The van der Waals surface area contributed by atoms with Crippen LogP contribution in [0.15, 0.2) is 44.8 Å². The lowest BCUT2D eigenvalue weighted by Gasteiger charge is -2.34. The van der Waals surface area contributed by atoms with E-state index in [1.807, 2.05) is 0 Å². The van der Waals surface area contributed by atoms with Crippen LogP contribution in [0.2, 0.25) is 0 Å². The van der Waals surface area contributed by atoms with Gasteiger partial charge in [-0.15, -0.1) is 11.3 Å². The molecular weight excluding hydrogens is 432 g/mol. The Labute approximate surface area is 176 Å². The number of thiophene rings is 1. The van der Waals surface area contributed by atoms with Crippen molar-refractivity contribution in [3.05, 3.63) is 41.3 Å². The lowest BCUT2D eigenvalue weighted by Crippen LogP contribution is -2.44. The van der Waals surface area contributed by atoms with Crippen LogP contribution in [0.5, 0.6) is 5.75 Å². The number of hydrogen-bond acceptors (Lipinski definition) is 6. The summed E-state index contributed by atoms with van der Waals surface area (Å²) in [5.74, 6) is 0.595. The van der Waals surface area contributed by atoms with Gasteiger partial charge in [0.05, 0.1) is 12.0 Å². The molecule has 10 heteroatoms. The highest BCUT2D eigenvalue weighted by Gasteiger charge is 2.34. The zero-order valence-corrected chi connectivity index (χ0v) is 18.9. The molecule has 0 amide bonds. The molecule has 2 heterocycles. The van der Waals surface area contributed by atoms with Gasteiger partial charge in [-0.3, -0.25) is 0 Å². The summed E-state index contributed by atoms with van der Waals surface area (Å²) in [4.78, 5) is 0.199. The van der Waals surface area contributed by atoms with Crippen molar-refractivity contribution < 1.29 is 21.6 Å². The van der Waals surface area contributed by atoms with Crippen molar-refractivity contribution >= 4 is 31.4 Å². The van der Waals surface area contributed by atoms with Gasteiger partial charge in [-0.2, -0.15) is 4.31 Å². The van der Waals surface area contributed by atoms with Gasteiger partial charge in [0.15, 0.2) is 0 Å². The Hall–Kier alpha value is -1.46. The summed E-state index contributed by atoms with van der Waals surface area (Å²) in [6.45, 7) is 2.36. The monoisotopic (exact) mass is 458 g/mol. The molecule has 0 saturated carbocycles. The van der Waals surface area contributed by atoms with Crippen LogP contribution < -0.4 is 9.46 Å². The molecule has 1 atom stereocenters. The molecule has 1 aromatic carbocycles. The molecule has 1 fully saturated rings. The van der Waals surface area contributed by atoms with E-state index in [4.69, 9.17) is 4.74 Å². The Kier molecular flexibility index (Phi) is 7.00. The van der Waals surface area contributed by atoms with E-state index in [-0.39, 0.29) is 17.5 Å². The molecule has 1 N–H and O–H groups in total. The maximum atomic E-state index is 12.9. The Bertz CT molecular complexity index is 1030. The normalized spacial score (nSPS) is 18.6. The lowest BCUT2D eigenvalue weighted by molar-refractivity contribution is 0.242. The number of methoxy groups -OCH3 is 1. The molecule has 0 spiro atoms. The minimum Gasteiger partial charge on any atom is -0.497 e. The van der Waals surface area contributed by atoms with Gasteiger partial charge in [0.25, 0.3) is 10.0 Å². The summed E-state index contributed by atoms with van der Waals surface area (Å²) in [6, 6.07) is 7.92. The summed E-state index contributed by atoms with van der Waals surface area (Å²) in [5, 5.41) is 1.75. The number of nitrogens with zero attached hydrogens (tertiary/aromatic N) is 1. The highest BCUT2D eigenvalue weighted by Crippen LogP contribution is 2.29. The first-order chi connectivity index (χ1) is 13.8. The molecule has 0 aliphatic carbocycles. The fourth-order valence-corrected chi connectivity index (χ4v) is 7.71. The largest absolute Gasteiger partial charge is 0.497 e. The second-order valence-electron chi connectivity index (χ2n) is 7.02. The maximum Gasteiger partial charge on any atom is 0.252 e. The zero-order chi connectivity index (χ0) is 21.1. The van der Waals surface area contributed by atoms with Crippen molar-refractivity contribution in [2.75, 3.05) is 20.2 Å². The van der Waals surface area contributed by atoms with Gasteiger partial charge in [0.2, 0.25) is 10.0 Å². The van der Waals surface area contributed by atoms with E-state index >= 15 is 0 Å². The van der Waals surface area contributed by atoms with E-state index in [1.54, 1.807) is 36.6 Å². The van der Waals surface area contributed by atoms with Crippen LogP contribution in [0, 0.1) is 6.92 Å². The van der Waals surface area contributed by atoms with Crippen LogP contribution in [-0.4, -0.2) is 47.4 Å². The fourth-order valence-electron chi connectivity index (χ4n) is 3.59. The van der Waals surface area contributed by atoms with Gasteiger partial charge in [-0.1, -0.05) is 12.5 Å². The predicted molar refractivity (Wildman–Crippen MR) is 113 cm³/mol. The maximum absolute atomic E-state index is 12.9. The number of benzene rings is 1. The first-order valence-electron chi connectivity index (χ1n) is 9.45. The second-order valence-corrected chi connectivity index (χ2v) is 11.8. The van der Waals surface area contributed by atoms with Gasteiger partial charge >= 0.3 is 0 Å². The summed E-state index contributed by atoms with van der Waals surface area (Å²) in [5.41, 5.74) is 0.594. The lowest BCUT2D eigenvalue weighted by atomic mass is 10.0. The van der Waals surface area contributed by atoms with Gasteiger partial charge < -0.3 is 4.74 Å². The van der Waals surface area contributed by atoms with E-state index in [2.05, 4.69) is 4.72 Å². The van der Waals surface area contributed by atoms with Crippen molar-refractivity contribution in [3.63, 3.8) is 0 Å². The molecule has 1 aliphatic rings. The topological polar surface area (TPSA) is 92.8 Å². The molecule has 160 valence electrons. The molecule has 1 saturated heterocycles. The van der Waals surface area contributed by atoms with Gasteiger partial charge in [0.1, 0.15) is 9.96 Å². The van der Waals surface area contributed by atoms with Crippen LogP contribution in [0.3, 0.4) is 0 Å². The molecule has 1 aliphatic heterocycles. The third kappa shape index (κ3) is 5.00. The van der Waals surface area contributed by atoms with Crippen molar-refractivity contribution in [2.24, 2.45) is 0 Å². The van der Waals surface area contributed by atoms with E-state index in [0.717, 1.165) is 19.3 Å². The van der Waals surface area contributed by atoms with Crippen LogP contribution >= 0.6 is 11.3 Å². The van der Waals surface area contributed by atoms with Crippen molar-refractivity contribution in [1.82, 2.24) is 9.03 Å². The minimum absolute atomic E-state index is 0.176. The van der Waals surface area contributed by atoms with E-state index in [0.29, 0.717) is 28.5 Å².